The van der Waals surface area contributed by atoms with Crippen LogP contribution in [0, 0.1) is 23.3 Å². The fraction of sp³-hybridized carbons (Fsp3) is 0.562. The van der Waals surface area contributed by atoms with Gasteiger partial charge in [-0.1, -0.05) is 0 Å². The first-order valence-electron chi connectivity index (χ1n) is 7.67. The number of nitrogens with zero attached hydrogens (tertiary/aromatic N) is 1. The summed E-state index contributed by atoms with van der Waals surface area (Å²) < 4.78 is 58.4. The largest absolute Gasteiger partial charge is 0.379 e. The van der Waals surface area contributed by atoms with Crippen molar-refractivity contribution in [2.45, 2.75) is 25.8 Å². The van der Waals surface area contributed by atoms with E-state index in [2.05, 4.69) is 10.2 Å². The van der Waals surface area contributed by atoms with Crippen molar-refractivity contribution in [2.24, 2.45) is 0 Å². The molecule has 0 unspecified atom stereocenters. The van der Waals surface area contributed by atoms with Gasteiger partial charge in [-0.25, -0.2) is 17.6 Å². The van der Waals surface area contributed by atoms with Crippen molar-refractivity contribution in [1.82, 2.24) is 10.2 Å². The fourth-order valence-electron chi connectivity index (χ4n) is 2.44. The van der Waals surface area contributed by atoms with Gasteiger partial charge in [0.15, 0.2) is 23.3 Å². The highest BCUT2D eigenvalue weighted by Gasteiger charge is 2.27. The van der Waals surface area contributed by atoms with Gasteiger partial charge in [0.1, 0.15) is 0 Å². The number of carbonyl (C=O) groups is 1. The second-order valence-corrected chi connectivity index (χ2v) is 6.39. The molecule has 1 aliphatic rings. The Morgan fingerprint density at radius 2 is 1.79 bits per heavy atom. The van der Waals surface area contributed by atoms with Crippen LogP contribution in [-0.2, 0) is 4.74 Å². The molecule has 0 saturated carbocycles. The third-order valence-electron chi connectivity index (χ3n) is 3.96. The molecule has 0 bridgehead atoms. The van der Waals surface area contributed by atoms with Gasteiger partial charge in [0, 0.05) is 25.2 Å². The molecule has 1 fully saturated rings. The van der Waals surface area contributed by atoms with E-state index in [1.165, 1.54) is 0 Å². The highest BCUT2D eigenvalue weighted by molar-refractivity contribution is 5.95. The second-order valence-electron chi connectivity index (χ2n) is 6.39. The second kappa shape index (κ2) is 7.48. The lowest BCUT2D eigenvalue weighted by atomic mass is 9.99. The van der Waals surface area contributed by atoms with Gasteiger partial charge >= 0.3 is 0 Å². The lowest BCUT2D eigenvalue weighted by Gasteiger charge is -2.32. The smallest absolute Gasteiger partial charge is 0.254 e. The van der Waals surface area contributed by atoms with Gasteiger partial charge < -0.3 is 10.1 Å². The van der Waals surface area contributed by atoms with Crippen LogP contribution in [0.1, 0.15) is 30.6 Å². The summed E-state index contributed by atoms with van der Waals surface area (Å²) in [5.74, 6) is -8.22. The summed E-state index contributed by atoms with van der Waals surface area (Å²) in [4.78, 5) is 14.3. The summed E-state index contributed by atoms with van der Waals surface area (Å²) in [6, 6.07) is 0.362. The number of rotatable bonds is 5. The van der Waals surface area contributed by atoms with E-state index in [0.29, 0.717) is 32.2 Å². The molecule has 24 heavy (non-hydrogen) atoms. The molecule has 2 rings (SSSR count). The van der Waals surface area contributed by atoms with Crippen LogP contribution in [0.25, 0.3) is 0 Å². The highest BCUT2D eigenvalue weighted by Crippen LogP contribution is 2.20. The Kier molecular flexibility index (Phi) is 5.82. The van der Waals surface area contributed by atoms with E-state index in [0.717, 1.165) is 13.1 Å². The summed E-state index contributed by atoms with van der Waals surface area (Å²) in [6.07, 6.45) is 0.548. The predicted molar refractivity (Wildman–Crippen MR) is 79.7 cm³/mol. The molecule has 134 valence electrons. The third-order valence-corrected chi connectivity index (χ3v) is 3.96. The standard InChI is InChI=1S/C16H20F4N2O2/c1-16(2,3-4-22-5-7-24-8-6-22)21-15(23)10-9-11(17)13(19)14(20)12(10)18/h9H,3-8H2,1-2H3,(H,21,23). The van der Waals surface area contributed by atoms with Crippen LogP contribution in [0.3, 0.4) is 0 Å². The Hall–Kier alpha value is -1.67. The minimum atomic E-state index is -1.99. The molecule has 1 aromatic rings. The van der Waals surface area contributed by atoms with E-state index in [1.54, 1.807) is 13.8 Å². The molecule has 0 spiro atoms. The van der Waals surface area contributed by atoms with Crippen molar-refractivity contribution in [1.29, 1.82) is 0 Å². The molecule has 0 aliphatic carbocycles. The third kappa shape index (κ3) is 4.45. The van der Waals surface area contributed by atoms with Crippen molar-refractivity contribution in [3.05, 3.63) is 34.9 Å². The minimum Gasteiger partial charge on any atom is -0.379 e. The fourth-order valence-corrected chi connectivity index (χ4v) is 2.44. The molecule has 0 atom stereocenters. The maximum Gasteiger partial charge on any atom is 0.254 e. The molecule has 1 aromatic carbocycles. The van der Waals surface area contributed by atoms with Crippen LogP contribution in [0.5, 0.6) is 0 Å². The van der Waals surface area contributed by atoms with Crippen LogP contribution in [-0.4, -0.2) is 49.2 Å². The van der Waals surface area contributed by atoms with Gasteiger partial charge in [0.2, 0.25) is 0 Å². The molecule has 0 aromatic heterocycles. The van der Waals surface area contributed by atoms with Gasteiger partial charge in [-0.2, -0.15) is 0 Å². The van der Waals surface area contributed by atoms with Gasteiger partial charge in [0.05, 0.1) is 18.8 Å². The quantitative estimate of drug-likeness (QED) is 0.505. The Balaban J connectivity index is 2.02. The van der Waals surface area contributed by atoms with Crippen molar-refractivity contribution in [3.8, 4) is 0 Å². The zero-order chi connectivity index (χ0) is 17.9. The maximum absolute atomic E-state index is 13.7. The Bertz CT molecular complexity index is 617. The number of benzene rings is 1. The summed E-state index contributed by atoms with van der Waals surface area (Å²) in [5.41, 5.74) is -1.59. The lowest BCUT2D eigenvalue weighted by molar-refractivity contribution is 0.0341. The van der Waals surface area contributed by atoms with E-state index in [9.17, 15) is 22.4 Å². The SMILES string of the molecule is CC(C)(CCN1CCOCC1)NC(=O)c1cc(F)c(F)c(F)c1F. The predicted octanol–water partition coefficient (Wildman–Crippen LogP) is 2.47. The zero-order valence-corrected chi connectivity index (χ0v) is 13.6. The number of carbonyl (C=O) groups excluding carboxylic acids is 1. The topological polar surface area (TPSA) is 41.6 Å². The molecular formula is C16H20F4N2O2. The van der Waals surface area contributed by atoms with Gasteiger partial charge in [-0.05, 0) is 26.3 Å². The Labute approximate surface area is 137 Å². The van der Waals surface area contributed by atoms with Gasteiger partial charge in [-0.3, -0.25) is 9.69 Å². The molecule has 1 saturated heterocycles. The highest BCUT2D eigenvalue weighted by atomic mass is 19.2. The molecule has 0 radical (unpaired) electrons. The number of amides is 1. The first-order valence-corrected chi connectivity index (χ1v) is 7.67. The average Bonchev–Trinajstić information content (AvgIpc) is 2.55. The number of nitrogens with one attached hydrogen (secondary N) is 1. The number of halogens is 4. The maximum atomic E-state index is 13.7. The molecule has 1 aliphatic heterocycles. The van der Waals surface area contributed by atoms with Crippen molar-refractivity contribution in [2.75, 3.05) is 32.8 Å². The van der Waals surface area contributed by atoms with E-state index in [4.69, 9.17) is 4.74 Å². The molecule has 1 amide bonds. The van der Waals surface area contributed by atoms with Gasteiger partial charge in [0.25, 0.3) is 5.91 Å². The molecule has 8 heteroatoms. The molecule has 1 N–H and O–H groups in total. The normalized spacial score (nSPS) is 16.2. The lowest BCUT2D eigenvalue weighted by Crippen LogP contribution is -2.47. The first-order chi connectivity index (χ1) is 11.2. The zero-order valence-electron chi connectivity index (χ0n) is 13.6. The summed E-state index contributed by atoms with van der Waals surface area (Å²) in [7, 11) is 0. The molecule has 1 heterocycles. The van der Waals surface area contributed by atoms with E-state index in [-0.39, 0.29) is 0 Å². The Morgan fingerprint density at radius 1 is 1.17 bits per heavy atom. The van der Waals surface area contributed by atoms with E-state index >= 15 is 0 Å². The number of hydrogen-bond acceptors (Lipinski definition) is 3. The van der Waals surface area contributed by atoms with Crippen LogP contribution in [0.2, 0.25) is 0 Å². The van der Waals surface area contributed by atoms with Crippen LogP contribution >= 0.6 is 0 Å². The van der Waals surface area contributed by atoms with Crippen molar-refractivity contribution >= 4 is 5.91 Å². The number of hydrogen-bond donors (Lipinski definition) is 1. The summed E-state index contributed by atoms with van der Waals surface area (Å²) in [6.45, 7) is 6.99. The van der Waals surface area contributed by atoms with Crippen LogP contribution in [0.15, 0.2) is 6.07 Å². The van der Waals surface area contributed by atoms with Crippen molar-refractivity contribution in [3.63, 3.8) is 0 Å². The van der Waals surface area contributed by atoms with Gasteiger partial charge in [-0.15, -0.1) is 0 Å². The Morgan fingerprint density at radius 3 is 2.42 bits per heavy atom. The summed E-state index contributed by atoms with van der Waals surface area (Å²) >= 11 is 0. The minimum absolute atomic E-state index is 0.362. The van der Waals surface area contributed by atoms with Crippen LogP contribution in [0.4, 0.5) is 17.6 Å². The van der Waals surface area contributed by atoms with E-state index in [1.807, 2.05) is 0 Å². The monoisotopic (exact) mass is 348 g/mol. The number of morpholine rings is 1. The number of ether oxygens (including phenoxy) is 1. The molecule has 4 nitrogen and oxygen atoms in total. The summed E-state index contributed by atoms with van der Waals surface area (Å²) in [5, 5.41) is 2.53. The first kappa shape index (κ1) is 18.7. The van der Waals surface area contributed by atoms with E-state index < -0.39 is 40.3 Å². The average molecular weight is 348 g/mol. The van der Waals surface area contributed by atoms with Crippen molar-refractivity contribution < 1.29 is 27.1 Å². The van der Waals surface area contributed by atoms with Crippen LogP contribution < -0.4 is 5.32 Å². The molecular weight excluding hydrogens is 328 g/mol.